The number of carbonyl (C=O) groups is 1. The first-order chi connectivity index (χ1) is 10.1. The van der Waals surface area contributed by atoms with E-state index in [-0.39, 0.29) is 11.4 Å². The quantitative estimate of drug-likeness (QED) is 0.909. The van der Waals surface area contributed by atoms with E-state index in [4.69, 9.17) is 5.73 Å². The summed E-state index contributed by atoms with van der Waals surface area (Å²) in [6.45, 7) is 2.41. The SMILES string of the molecule is Cc1cc(C(=O)NC2(CN)CCCC2)c2ccccc2n1. The van der Waals surface area contributed by atoms with Gasteiger partial charge in [-0.1, -0.05) is 31.0 Å². The number of nitrogens with zero attached hydrogens (tertiary/aromatic N) is 1. The molecule has 21 heavy (non-hydrogen) atoms. The maximum atomic E-state index is 12.7. The van der Waals surface area contributed by atoms with Crippen molar-refractivity contribution in [3.05, 3.63) is 41.6 Å². The molecule has 0 radical (unpaired) electrons. The molecule has 2 aromatic rings. The Kier molecular flexibility index (Phi) is 3.64. The lowest BCUT2D eigenvalue weighted by atomic mass is 9.96. The molecule has 1 fully saturated rings. The van der Waals surface area contributed by atoms with Crippen LogP contribution in [0.2, 0.25) is 0 Å². The number of hydrogen-bond donors (Lipinski definition) is 2. The number of rotatable bonds is 3. The summed E-state index contributed by atoms with van der Waals surface area (Å²) in [5.41, 5.74) is 8.09. The number of hydrogen-bond acceptors (Lipinski definition) is 3. The maximum Gasteiger partial charge on any atom is 0.252 e. The van der Waals surface area contributed by atoms with Crippen molar-refractivity contribution in [2.24, 2.45) is 5.73 Å². The van der Waals surface area contributed by atoms with Crippen molar-refractivity contribution in [3.8, 4) is 0 Å². The topological polar surface area (TPSA) is 68.0 Å². The Morgan fingerprint density at radius 1 is 1.33 bits per heavy atom. The number of benzene rings is 1. The lowest BCUT2D eigenvalue weighted by Gasteiger charge is -2.29. The normalized spacial score (nSPS) is 17.0. The first-order valence-corrected chi connectivity index (χ1v) is 7.52. The molecule has 1 amide bonds. The van der Waals surface area contributed by atoms with Gasteiger partial charge in [-0.25, -0.2) is 0 Å². The van der Waals surface area contributed by atoms with Crippen LogP contribution in [0.3, 0.4) is 0 Å². The van der Waals surface area contributed by atoms with Gasteiger partial charge in [-0.3, -0.25) is 9.78 Å². The van der Waals surface area contributed by atoms with E-state index >= 15 is 0 Å². The fourth-order valence-electron chi connectivity index (χ4n) is 3.24. The molecule has 3 N–H and O–H groups in total. The lowest BCUT2D eigenvalue weighted by molar-refractivity contribution is 0.0904. The van der Waals surface area contributed by atoms with E-state index in [1.54, 1.807) is 0 Å². The molecule has 0 spiro atoms. The van der Waals surface area contributed by atoms with Gasteiger partial charge in [0.25, 0.3) is 5.91 Å². The molecular formula is C17H21N3O. The average molecular weight is 283 g/mol. The van der Waals surface area contributed by atoms with E-state index in [1.165, 1.54) is 0 Å². The summed E-state index contributed by atoms with van der Waals surface area (Å²) in [5.74, 6) is -0.0379. The molecule has 3 rings (SSSR count). The van der Waals surface area contributed by atoms with Gasteiger partial charge in [0.2, 0.25) is 0 Å². The zero-order valence-corrected chi connectivity index (χ0v) is 12.4. The molecule has 0 aliphatic heterocycles. The second-order valence-corrected chi connectivity index (χ2v) is 5.97. The Bertz CT molecular complexity index is 675. The van der Waals surface area contributed by atoms with Crippen molar-refractivity contribution in [1.29, 1.82) is 0 Å². The van der Waals surface area contributed by atoms with Gasteiger partial charge in [0.1, 0.15) is 0 Å². The van der Waals surface area contributed by atoms with E-state index in [9.17, 15) is 4.79 Å². The molecular weight excluding hydrogens is 262 g/mol. The van der Waals surface area contributed by atoms with E-state index in [0.29, 0.717) is 12.1 Å². The zero-order chi connectivity index (χ0) is 14.9. The van der Waals surface area contributed by atoms with Crippen LogP contribution in [0.15, 0.2) is 30.3 Å². The van der Waals surface area contributed by atoms with Crippen LogP contribution >= 0.6 is 0 Å². The Morgan fingerprint density at radius 3 is 2.76 bits per heavy atom. The molecule has 1 aromatic heterocycles. The number of aryl methyl sites for hydroxylation is 1. The van der Waals surface area contributed by atoms with Gasteiger partial charge in [-0.05, 0) is 31.9 Å². The third-order valence-electron chi connectivity index (χ3n) is 4.42. The Morgan fingerprint density at radius 2 is 2.05 bits per heavy atom. The van der Waals surface area contributed by atoms with E-state index in [1.807, 2.05) is 37.3 Å². The van der Waals surface area contributed by atoms with Gasteiger partial charge < -0.3 is 11.1 Å². The molecule has 0 saturated heterocycles. The average Bonchev–Trinajstić information content (AvgIpc) is 2.95. The molecule has 0 unspecified atom stereocenters. The fraction of sp³-hybridized carbons (Fsp3) is 0.412. The van der Waals surface area contributed by atoms with Crippen LogP contribution in [0.5, 0.6) is 0 Å². The number of amides is 1. The number of pyridine rings is 1. The minimum atomic E-state index is -0.227. The molecule has 0 atom stereocenters. The number of para-hydroxylation sites is 1. The number of nitrogens with one attached hydrogen (secondary N) is 1. The van der Waals surface area contributed by atoms with Gasteiger partial charge in [-0.15, -0.1) is 0 Å². The minimum Gasteiger partial charge on any atom is -0.345 e. The Labute approximate surface area is 124 Å². The van der Waals surface area contributed by atoms with E-state index < -0.39 is 0 Å². The van der Waals surface area contributed by atoms with Crippen molar-refractivity contribution < 1.29 is 4.79 Å². The first kappa shape index (κ1) is 14.0. The lowest BCUT2D eigenvalue weighted by Crippen LogP contribution is -2.51. The van der Waals surface area contributed by atoms with Crippen LogP contribution in [0.1, 0.15) is 41.7 Å². The summed E-state index contributed by atoms with van der Waals surface area (Å²) in [6, 6.07) is 9.61. The standard InChI is InChI=1S/C17H21N3O/c1-12-10-14(13-6-2-3-7-15(13)19-12)16(21)20-17(11-18)8-4-5-9-17/h2-3,6-7,10H,4-5,8-9,11,18H2,1H3,(H,20,21). The van der Waals surface area contributed by atoms with E-state index in [0.717, 1.165) is 42.3 Å². The van der Waals surface area contributed by atoms with Crippen molar-refractivity contribution in [3.63, 3.8) is 0 Å². The summed E-state index contributed by atoms with van der Waals surface area (Å²) in [5, 5.41) is 4.08. The summed E-state index contributed by atoms with van der Waals surface area (Å²) < 4.78 is 0. The number of aromatic nitrogens is 1. The molecule has 4 nitrogen and oxygen atoms in total. The van der Waals surface area contributed by atoms with Gasteiger partial charge in [-0.2, -0.15) is 0 Å². The molecule has 1 aromatic carbocycles. The zero-order valence-electron chi connectivity index (χ0n) is 12.4. The number of fused-ring (bicyclic) bond motifs is 1. The summed E-state index contributed by atoms with van der Waals surface area (Å²) in [7, 11) is 0. The van der Waals surface area contributed by atoms with Crippen LogP contribution in [0.25, 0.3) is 10.9 Å². The van der Waals surface area contributed by atoms with Crippen LogP contribution < -0.4 is 11.1 Å². The van der Waals surface area contributed by atoms with Crippen LogP contribution in [0.4, 0.5) is 0 Å². The van der Waals surface area contributed by atoms with Gasteiger partial charge >= 0.3 is 0 Å². The molecule has 110 valence electrons. The largest absolute Gasteiger partial charge is 0.345 e. The first-order valence-electron chi connectivity index (χ1n) is 7.52. The fourth-order valence-corrected chi connectivity index (χ4v) is 3.24. The second kappa shape index (κ2) is 5.45. The monoisotopic (exact) mass is 283 g/mol. The van der Waals surface area contributed by atoms with Gasteiger partial charge in [0.15, 0.2) is 0 Å². The summed E-state index contributed by atoms with van der Waals surface area (Å²) in [4.78, 5) is 17.2. The highest BCUT2D eigenvalue weighted by Gasteiger charge is 2.34. The molecule has 0 bridgehead atoms. The van der Waals surface area contributed by atoms with Crippen molar-refractivity contribution >= 4 is 16.8 Å². The Hall–Kier alpha value is -1.94. The third kappa shape index (κ3) is 2.63. The summed E-state index contributed by atoms with van der Waals surface area (Å²) >= 11 is 0. The van der Waals surface area contributed by atoms with Crippen molar-refractivity contribution in [2.75, 3.05) is 6.54 Å². The highest BCUT2D eigenvalue weighted by atomic mass is 16.1. The van der Waals surface area contributed by atoms with Crippen molar-refractivity contribution in [2.45, 2.75) is 38.1 Å². The van der Waals surface area contributed by atoms with Crippen molar-refractivity contribution in [1.82, 2.24) is 10.3 Å². The van der Waals surface area contributed by atoms with Gasteiger partial charge in [0.05, 0.1) is 16.6 Å². The maximum absolute atomic E-state index is 12.7. The predicted molar refractivity (Wildman–Crippen MR) is 84.2 cm³/mol. The molecule has 1 aliphatic rings. The second-order valence-electron chi connectivity index (χ2n) is 5.97. The number of nitrogens with two attached hydrogens (primary N) is 1. The predicted octanol–water partition coefficient (Wildman–Crippen LogP) is 2.54. The highest BCUT2D eigenvalue weighted by molar-refractivity contribution is 6.06. The van der Waals surface area contributed by atoms with Crippen LogP contribution in [0, 0.1) is 6.92 Å². The molecule has 1 aliphatic carbocycles. The van der Waals surface area contributed by atoms with Crippen LogP contribution in [-0.4, -0.2) is 23.0 Å². The summed E-state index contributed by atoms with van der Waals surface area (Å²) in [6.07, 6.45) is 4.20. The van der Waals surface area contributed by atoms with Crippen LogP contribution in [-0.2, 0) is 0 Å². The molecule has 1 saturated carbocycles. The molecule has 4 heteroatoms. The Balaban J connectivity index is 1.98. The van der Waals surface area contributed by atoms with E-state index in [2.05, 4.69) is 10.3 Å². The minimum absolute atomic E-state index is 0.0379. The number of carbonyl (C=O) groups excluding carboxylic acids is 1. The third-order valence-corrected chi connectivity index (χ3v) is 4.42. The molecule has 1 heterocycles. The smallest absolute Gasteiger partial charge is 0.252 e. The highest BCUT2D eigenvalue weighted by Crippen LogP contribution is 2.29. The van der Waals surface area contributed by atoms with Gasteiger partial charge in [0, 0.05) is 17.6 Å².